The molecule has 1 aromatic heterocycles. The molecule has 0 spiro atoms. The fourth-order valence-electron chi connectivity index (χ4n) is 5.61. The minimum atomic E-state index is -5.04. The summed E-state index contributed by atoms with van der Waals surface area (Å²) >= 11 is 0. The smallest absolute Gasteiger partial charge is 0.422 e. The Morgan fingerprint density at radius 2 is 1.84 bits per heavy atom. The van der Waals surface area contributed by atoms with E-state index in [-0.39, 0.29) is 54.2 Å². The lowest BCUT2D eigenvalue weighted by Crippen LogP contribution is -2.52. The van der Waals surface area contributed by atoms with Gasteiger partial charge in [0.15, 0.2) is 0 Å². The molecule has 0 aliphatic carbocycles. The Bertz CT molecular complexity index is 1660. The maximum atomic E-state index is 14.8. The predicted molar refractivity (Wildman–Crippen MR) is 156 cm³/mol. The molecule has 1 unspecified atom stereocenters. The number of carbonyl (C=O) groups is 1. The first kappa shape index (κ1) is 31.0. The lowest BCUT2D eigenvalue weighted by atomic mass is 9.90. The van der Waals surface area contributed by atoms with Gasteiger partial charge in [-0.1, -0.05) is 36.4 Å². The van der Waals surface area contributed by atoms with E-state index in [0.29, 0.717) is 25.2 Å². The SMILES string of the molecule is COC(=O)CCCOc1ccc2c(c1)CCN(CC(O)(c1cn(Cc3ccccc3)c3cc([N+](=O)[O-])ccc13)C(F)(F)F)C2. The molecule has 44 heavy (non-hydrogen) atoms. The van der Waals surface area contributed by atoms with Crippen molar-refractivity contribution in [2.45, 2.75) is 44.1 Å². The number of alkyl halides is 3. The zero-order valence-corrected chi connectivity index (χ0v) is 24.0. The minimum Gasteiger partial charge on any atom is -0.494 e. The second-order valence-corrected chi connectivity index (χ2v) is 10.9. The number of ether oxygens (including phenoxy) is 2. The van der Waals surface area contributed by atoms with Crippen molar-refractivity contribution in [2.24, 2.45) is 0 Å². The maximum Gasteiger partial charge on any atom is 0.422 e. The van der Waals surface area contributed by atoms with Crippen molar-refractivity contribution in [3.05, 3.63) is 105 Å². The highest BCUT2D eigenvalue weighted by Crippen LogP contribution is 2.44. The lowest BCUT2D eigenvalue weighted by Gasteiger charge is -2.38. The molecule has 12 heteroatoms. The molecular formula is C32H32F3N3O6. The second-order valence-electron chi connectivity index (χ2n) is 10.9. The predicted octanol–water partition coefficient (Wildman–Crippen LogP) is 5.74. The van der Waals surface area contributed by atoms with Gasteiger partial charge >= 0.3 is 12.1 Å². The van der Waals surface area contributed by atoms with Crippen LogP contribution in [0.3, 0.4) is 0 Å². The third-order valence-electron chi connectivity index (χ3n) is 7.93. The number of fused-ring (bicyclic) bond motifs is 2. The van der Waals surface area contributed by atoms with Gasteiger partial charge in [0.05, 0.1) is 24.2 Å². The van der Waals surface area contributed by atoms with Crippen molar-refractivity contribution in [2.75, 3.05) is 26.8 Å². The zero-order chi connectivity index (χ0) is 31.5. The molecule has 1 aliphatic heterocycles. The van der Waals surface area contributed by atoms with Gasteiger partial charge in [0.25, 0.3) is 5.69 Å². The number of nitro benzene ring substituents is 1. The van der Waals surface area contributed by atoms with Crippen molar-refractivity contribution >= 4 is 22.6 Å². The van der Waals surface area contributed by atoms with Crippen LogP contribution in [-0.2, 0) is 34.6 Å². The average Bonchev–Trinajstić information content (AvgIpc) is 3.37. The van der Waals surface area contributed by atoms with Gasteiger partial charge in [-0.2, -0.15) is 13.2 Å². The first-order chi connectivity index (χ1) is 21.0. The zero-order valence-electron chi connectivity index (χ0n) is 24.0. The summed E-state index contributed by atoms with van der Waals surface area (Å²) in [5, 5.41) is 23.1. The van der Waals surface area contributed by atoms with E-state index in [1.165, 1.54) is 30.0 Å². The number of hydrogen-bond donors (Lipinski definition) is 1. The largest absolute Gasteiger partial charge is 0.494 e. The second kappa shape index (κ2) is 12.7. The van der Waals surface area contributed by atoms with Crippen molar-refractivity contribution < 1.29 is 37.5 Å². The highest BCUT2D eigenvalue weighted by atomic mass is 19.4. The molecule has 1 aliphatic rings. The highest BCUT2D eigenvalue weighted by Gasteiger charge is 2.57. The van der Waals surface area contributed by atoms with Crippen molar-refractivity contribution in [1.82, 2.24) is 9.47 Å². The fourth-order valence-corrected chi connectivity index (χ4v) is 5.61. The highest BCUT2D eigenvalue weighted by molar-refractivity contribution is 5.87. The minimum absolute atomic E-state index is 0.0951. The molecule has 5 rings (SSSR count). The van der Waals surface area contributed by atoms with Gasteiger partial charge in [0.2, 0.25) is 5.60 Å². The number of methoxy groups -OCH3 is 1. The molecule has 0 radical (unpaired) electrons. The molecule has 232 valence electrons. The van der Waals surface area contributed by atoms with Crippen LogP contribution >= 0.6 is 0 Å². The standard InChI is InChI=1S/C32H32F3N3O6/c1-43-30(39)8-5-15-44-26-11-9-24-19-36(14-13-23(24)16-26)21-31(40,32(33,34)35)28-20-37(18-22-6-3-2-4-7-22)29-17-25(38(41)42)10-12-27(28)29/h2-4,6-7,9-12,16-17,20,40H,5,8,13-15,18-19,21H2,1H3. The molecule has 1 atom stereocenters. The quantitative estimate of drug-likeness (QED) is 0.0998. The molecule has 0 saturated carbocycles. The topological polar surface area (TPSA) is 107 Å². The van der Waals surface area contributed by atoms with Crippen molar-refractivity contribution in [3.63, 3.8) is 0 Å². The summed E-state index contributed by atoms with van der Waals surface area (Å²) < 4.78 is 56.4. The van der Waals surface area contributed by atoms with Crippen LogP contribution in [0, 0.1) is 10.1 Å². The Kier molecular flexibility index (Phi) is 8.93. The summed E-state index contributed by atoms with van der Waals surface area (Å²) in [6.07, 6.45) is -2.60. The van der Waals surface area contributed by atoms with Crippen LogP contribution in [0.25, 0.3) is 10.9 Å². The molecular weight excluding hydrogens is 579 g/mol. The normalized spacial score (nSPS) is 15.0. The van der Waals surface area contributed by atoms with Crippen LogP contribution in [0.1, 0.15) is 35.1 Å². The van der Waals surface area contributed by atoms with Gasteiger partial charge in [-0.25, -0.2) is 0 Å². The molecule has 0 saturated heterocycles. The fraction of sp³-hybridized carbons (Fsp3) is 0.344. The number of benzene rings is 3. The number of halogens is 3. The Labute approximate surface area is 251 Å². The molecule has 3 aromatic carbocycles. The van der Waals surface area contributed by atoms with E-state index in [1.54, 1.807) is 29.2 Å². The first-order valence-corrected chi connectivity index (χ1v) is 14.1. The molecule has 0 bridgehead atoms. The van der Waals surface area contributed by atoms with E-state index in [2.05, 4.69) is 4.74 Å². The summed E-state index contributed by atoms with van der Waals surface area (Å²) in [5.41, 5.74) is -1.08. The summed E-state index contributed by atoms with van der Waals surface area (Å²) in [6, 6.07) is 18.1. The Morgan fingerprint density at radius 1 is 1.07 bits per heavy atom. The Morgan fingerprint density at radius 3 is 2.55 bits per heavy atom. The Balaban J connectivity index is 1.41. The van der Waals surface area contributed by atoms with Gasteiger partial charge < -0.3 is 19.1 Å². The Hall–Kier alpha value is -4.42. The van der Waals surface area contributed by atoms with E-state index < -0.39 is 23.2 Å². The van der Waals surface area contributed by atoms with Gasteiger partial charge in [0.1, 0.15) is 5.75 Å². The number of hydrogen-bond acceptors (Lipinski definition) is 7. The van der Waals surface area contributed by atoms with Crippen LogP contribution < -0.4 is 4.74 Å². The number of esters is 1. The third kappa shape index (κ3) is 6.56. The van der Waals surface area contributed by atoms with Crippen LogP contribution in [0.2, 0.25) is 0 Å². The van der Waals surface area contributed by atoms with E-state index in [4.69, 9.17) is 4.74 Å². The lowest BCUT2D eigenvalue weighted by molar-refractivity contribution is -0.384. The van der Waals surface area contributed by atoms with Gasteiger partial charge in [-0.05, 0) is 47.7 Å². The van der Waals surface area contributed by atoms with Crippen LogP contribution in [0.4, 0.5) is 18.9 Å². The van der Waals surface area contributed by atoms with E-state index in [9.17, 15) is 33.2 Å². The molecule has 1 N–H and O–H groups in total. The van der Waals surface area contributed by atoms with Crippen LogP contribution in [0.5, 0.6) is 5.75 Å². The number of rotatable bonds is 11. The van der Waals surface area contributed by atoms with Crippen LogP contribution in [0.15, 0.2) is 72.9 Å². The number of carbonyl (C=O) groups excluding carboxylic acids is 1. The summed E-state index contributed by atoms with van der Waals surface area (Å²) in [4.78, 5) is 23.7. The number of non-ortho nitro benzene ring substituents is 1. The van der Waals surface area contributed by atoms with Gasteiger partial charge in [-0.3, -0.25) is 19.8 Å². The van der Waals surface area contributed by atoms with Gasteiger partial charge in [-0.15, -0.1) is 0 Å². The van der Waals surface area contributed by atoms with E-state index in [1.807, 2.05) is 24.3 Å². The summed E-state index contributed by atoms with van der Waals surface area (Å²) in [6.45, 7) is 0.217. The number of β-amino-alcohol motifs (C(OH)–C–C–N with tert-alkyl or cyclic N) is 1. The molecule has 0 fully saturated rings. The number of aromatic nitrogens is 1. The maximum absolute atomic E-state index is 14.8. The summed E-state index contributed by atoms with van der Waals surface area (Å²) in [5.74, 6) is 0.286. The van der Waals surface area contributed by atoms with Crippen LogP contribution in [-0.4, -0.2) is 58.4 Å². The number of aliphatic hydroxyl groups is 1. The molecule has 9 nitrogen and oxygen atoms in total. The molecule has 2 heterocycles. The van der Waals surface area contributed by atoms with E-state index >= 15 is 0 Å². The number of nitro groups is 1. The van der Waals surface area contributed by atoms with Crippen molar-refractivity contribution in [3.8, 4) is 5.75 Å². The third-order valence-corrected chi connectivity index (χ3v) is 7.93. The average molecular weight is 612 g/mol. The monoisotopic (exact) mass is 611 g/mol. The number of nitrogens with zero attached hydrogens (tertiary/aromatic N) is 3. The molecule has 4 aromatic rings. The van der Waals surface area contributed by atoms with E-state index in [0.717, 1.165) is 22.8 Å². The first-order valence-electron chi connectivity index (χ1n) is 14.1. The van der Waals surface area contributed by atoms with Gasteiger partial charge in [0, 0.05) is 61.9 Å². The molecule has 0 amide bonds. The van der Waals surface area contributed by atoms with Crippen molar-refractivity contribution in [1.29, 1.82) is 0 Å². The summed E-state index contributed by atoms with van der Waals surface area (Å²) in [7, 11) is 1.32.